The number of halogens is 1. The largest absolute Gasteiger partial charge is 0.478 e. The van der Waals surface area contributed by atoms with Crippen molar-refractivity contribution in [1.82, 2.24) is 0 Å². The van der Waals surface area contributed by atoms with Crippen LogP contribution in [0.2, 0.25) is 0 Å². The molecule has 2 N–H and O–H groups in total. The number of hydrogen-bond donors (Lipinski definition) is 2. The third-order valence-electron chi connectivity index (χ3n) is 2.28. The Labute approximate surface area is 107 Å². The van der Waals surface area contributed by atoms with Gasteiger partial charge in [0.25, 0.3) is 0 Å². The van der Waals surface area contributed by atoms with E-state index in [-0.39, 0.29) is 5.56 Å². The van der Waals surface area contributed by atoms with Crippen LogP contribution in [-0.2, 0) is 0 Å². The molecule has 86 valence electrons. The Bertz CT molecular complexity index is 537. The predicted octanol–water partition coefficient (Wildman–Crippen LogP) is 3.89. The molecule has 4 heteroatoms. The third-order valence-corrected chi connectivity index (χ3v) is 2.98. The van der Waals surface area contributed by atoms with Gasteiger partial charge >= 0.3 is 5.97 Å². The molecule has 2 aromatic rings. The highest BCUT2D eigenvalue weighted by Crippen LogP contribution is 2.25. The number of para-hydroxylation sites is 1. The van der Waals surface area contributed by atoms with Gasteiger partial charge in [0, 0.05) is 10.2 Å². The van der Waals surface area contributed by atoms with Crippen LogP contribution >= 0.6 is 15.9 Å². The lowest BCUT2D eigenvalue weighted by atomic mass is 10.2. The molecular formula is C13H10BrNO2. The molecule has 0 heterocycles. The predicted molar refractivity (Wildman–Crippen MR) is 70.8 cm³/mol. The molecule has 0 atom stereocenters. The molecule has 0 unspecified atom stereocenters. The Morgan fingerprint density at radius 2 is 1.71 bits per heavy atom. The summed E-state index contributed by atoms with van der Waals surface area (Å²) in [7, 11) is 0. The van der Waals surface area contributed by atoms with Crippen LogP contribution in [0.5, 0.6) is 0 Å². The summed E-state index contributed by atoms with van der Waals surface area (Å²) in [4.78, 5) is 10.7. The highest BCUT2D eigenvalue weighted by Gasteiger charge is 2.02. The molecule has 0 fully saturated rings. The van der Waals surface area contributed by atoms with E-state index in [1.807, 2.05) is 24.3 Å². The van der Waals surface area contributed by atoms with Gasteiger partial charge in [-0.1, -0.05) is 12.1 Å². The molecule has 0 saturated heterocycles. The zero-order valence-corrected chi connectivity index (χ0v) is 10.4. The second-order valence-corrected chi connectivity index (χ2v) is 4.34. The third kappa shape index (κ3) is 2.85. The van der Waals surface area contributed by atoms with E-state index in [1.54, 1.807) is 24.3 Å². The summed E-state index contributed by atoms with van der Waals surface area (Å²) in [6, 6.07) is 14.4. The first kappa shape index (κ1) is 11.7. The van der Waals surface area contributed by atoms with Crippen molar-refractivity contribution in [3.63, 3.8) is 0 Å². The molecule has 0 spiro atoms. The minimum absolute atomic E-state index is 0.280. The van der Waals surface area contributed by atoms with Gasteiger partial charge in [-0.3, -0.25) is 0 Å². The minimum atomic E-state index is -0.919. The fourth-order valence-corrected chi connectivity index (χ4v) is 1.80. The number of anilines is 2. The van der Waals surface area contributed by atoms with Crippen molar-refractivity contribution >= 4 is 33.3 Å². The van der Waals surface area contributed by atoms with Crippen LogP contribution in [0.25, 0.3) is 0 Å². The van der Waals surface area contributed by atoms with E-state index < -0.39 is 5.97 Å². The van der Waals surface area contributed by atoms with Crippen LogP contribution in [0.3, 0.4) is 0 Å². The summed E-state index contributed by atoms with van der Waals surface area (Å²) in [5.41, 5.74) is 2.07. The molecule has 0 radical (unpaired) electrons. The number of carbonyl (C=O) groups is 1. The molecule has 2 aromatic carbocycles. The standard InChI is InChI=1S/C13H10BrNO2/c14-11-3-1-2-4-12(11)15-10-7-5-9(6-8-10)13(16)17/h1-8,15H,(H,16,17). The summed E-state index contributed by atoms with van der Waals surface area (Å²) in [5, 5.41) is 12.0. The number of hydrogen-bond acceptors (Lipinski definition) is 2. The Kier molecular flexibility index (Phi) is 3.44. The lowest BCUT2D eigenvalue weighted by molar-refractivity contribution is 0.0697. The summed E-state index contributed by atoms with van der Waals surface area (Å²) >= 11 is 3.43. The Balaban J connectivity index is 2.20. The van der Waals surface area contributed by atoms with E-state index in [0.717, 1.165) is 15.8 Å². The van der Waals surface area contributed by atoms with Crippen molar-refractivity contribution in [1.29, 1.82) is 0 Å². The van der Waals surface area contributed by atoms with Crippen molar-refractivity contribution in [2.75, 3.05) is 5.32 Å². The summed E-state index contributed by atoms with van der Waals surface area (Å²) in [6.45, 7) is 0. The number of nitrogens with one attached hydrogen (secondary N) is 1. The Morgan fingerprint density at radius 3 is 2.29 bits per heavy atom. The first-order valence-corrected chi connectivity index (χ1v) is 5.81. The maximum absolute atomic E-state index is 10.7. The smallest absolute Gasteiger partial charge is 0.335 e. The van der Waals surface area contributed by atoms with Crippen LogP contribution in [0, 0.1) is 0 Å². The first-order valence-electron chi connectivity index (χ1n) is 5.02. The Hall–Kier alpha value is -1.81. The highest BCUT2D eigenvalue weighted by atomic mass is 79.9. The average Bonchev–Trinajstić information content (AvgIpc) is 2.33. The van der Waals surface area contributed by atoms with Gasteiger partial charge in [-0.05, 0) is 52.3 Å². The van der Waals surface area contributed by atoms with Crippen LogP contribution in [0.4, 0.5) is 11.4 Å². The molecule has 0 amide bonds. The van der Waals surface area contributed by atoms with E-state index in [1.165, 1.54) is 0 Å². The van der Waals surface area contributed by atoms with Gasteiger partial charge in [0.15, 0.2) is 0 Å². The van der Waals surface area contributed by atoms with E-state index in [9.17, 15) is 4.79 Å². The lowest BCUT2D eigenvalue weighted by Gasteiger charge is -2.08. The van der Waals surface area contributed by atoms with Crippen LogP contribution in [-0.4, -0.2) is 11.1 Å². The average molecular weight is 292 g/mol. The molecular weight excluding hydrogens is 282 g/mol. The zero-order chi connectivity index (χ0) is 12.3. The quantitative estimate of drug-likeness (QED) is 0.902. The van der Waals surface area contributed by atoms with Crippen LogP contribution < -0.4 is 5.32 Å². The van der Waals surface area contributed by atoms with Gasteiger partial charge in [0.05, 0.1) is 11.3 Å². The fraction of sp³-hybridized carbons (Fsp3) is 0. The molecule has 0 saturated carbocycles. The van der Waals surface area contributed by atoms with Crippen LogP contribution in [0.15, 0.2) is 53.0 Å². The van der Waals surface area contributed by atoms with E-state index >= 15 is 0 Å². The first-order chi connectivity index (χ1) is 8.16. The summed E-state index contributed by atoms with van der Waals surface area (Å²) < 4.78 is 0.960. The number of carboxylic acids is 1. The second kappa shape index (κ2) is 5.01. The number of carboxylic acid groups (broad SMARTS) is 1. The van der Waals surface area contributed by atoms with Gasteiger partial charge in [-0.25, -0.2) is 4.79 Å². The zero-order valence-electron chi connectivity index (χ0n) is 8.85. The molecule has 2 rings (SSSR count). The lowest BCUT2D eigenvalue weighted by Crippen LogP contribution is -1.96. The van der Waals surface area contributed by atoms with Crippen molar-refractivity contribution in [3.05, 3.63) is 58.6 Å². The maximum atomic E-state index is 10.7. The van der Waals surface area contributed by atoms with Gasteiger partial charge in [0.1, 0.15) is 0 Å². The number of rotatable bonds is 3. The summed E-state index contributed by atoms with van der Waals surface area (Å²) in [5.74, 6) is -0.919. The summed E-state index contributed by atoms with van der Waals surface area (Å²) in [6.07, 6.45) is 0. The van der Waals surface area contributed by atoms with Gasteiger partial charge in [0.2, 0.25) is 0 Å². The van der Waals surface area contributed by atoms with Crippen molar-refractivity contribution in [3.8, 4) is 0 Å². The van der Waals surface area contributed by atoms with Crippen LogP contribution in [0.1, 0.15) is 10.4 Å². The number of aromatic carboxylic acids is 1. The highest BCUT2D eigenvalue weighted by molar-refractivity contribution is 9.10. The minimum Gasteiger partial charge on any atom is -0.478 e. The van der Waals surface area contributed by atoms with Gasteiger partial charge < -0.3 is 10.4 Å². The molecule has 0 aliphatic heterocycles. The molecule has 0 bridgehead atoms. The van der Waals surface area contributed by atoms with E-state index in [0.29, 0.717) is 0 Å². The van der Waals surface area contributed by atoms with E-state index in [4.69, 9.17) is 5.11 Å². The SMILES string of the molecule is O=C(O)c1ccc(Nc2ccccc2Br)cc1. The van der Waals surface area contributed by atoms with Crippen molar-refractivity contribution in [2.45, 2.75) is 0 Å². The molecule has 0 aromatic heterocycles. The van der Waals surface area contributed by atoms with Crippen molar-refractivity contribution < 1.29 is 9.90 Å². The molecule has 0 aliphatic carbocycles. The van der Waals surface area contributed by atoms with Gasteiger partial charge in [-0.15, -0.1) is 0 Å². The maximum Gasteiger partial charge on any atom is 0.335 e. The second-order valence-electron chi connectivity index (χ2n) is 3.49. The molecule has 3 nitrogen and oxygen atoms in total. The Morgan fingerprint density at radius 1 is 1.06 bits per heavy atom. The monoisotopic (exact) mass is 291 g/mol. The molecule has 0 aliphatic rings. The topological polar surface area (TPSA) is 49.3 Å². The molecule has 17 heavy (non-hydrogen) atoms. The normalized spacial score (nSPS) is 9.94. The van der Waals surface area contributed by atoms with Crippen molar-refractivity contribution in [2.24, 2.45) is 0 Å². The van der Waals surface area contributed by atoms with Gasteiger partial charge in [-0.2, -0.15) is 0 Å². The van der Waals surface area contributed by atoms with E-state index in [2.05, 4.69) is 21.2 Å². The number of benzene rings is 2. The fourth-order valence-electron chi connectivity index (χ4n) is 1.41.